The van der Waals surface area contributed by atoms with Gasteiger partial charge in [0.25, 0.3) is 0 Å². The molecule has 1 aliphatic heterocycles. The fourth-order valence-electron chi connectivity index (χ4n) is 3.05. The van der Waals surface area contributed by atoms with E-state index in [0.29, 0.717) is 6.61 Å². The number of nitrogens with one attached hydrogen (secondary N) is 2. The zero-order chi connectivity index (χ0) is 17.1. The van der Waals surface area contributed by atoms with Gasteiger partial charge in [-0.2, -0.15) is 0 Å². The molecule has 0 radical (unpaired) electrons. The Hall–Kier alpha value is -2.40. The van der Waals surface area contributed by atoms with E-state index in [2.05, 4.69) is 10.6 Å². The molecular weight excluding hydrogens is 307 g/mol. The molecule has 0 saturated heterocycles. The summed E-state index contributed by atoms with van der Waals surface area (Å²) in [6.45, 7) is 2.22. The fourth-order valence-corrected chi connectivity index (χ4v) is 3.05. The Morgan fingerprint density at radius 1 is 1.21 bits per heavy atom. The topological polar surface area (TPSA) is 50.4 Å². The van der Waals surface area contributed by atoms with Crippen molar-refractivity contribution in [1.82, 2.24) is 10.6 Å². The van der Waals surface area contributed by atoms with Gasteiger partial charge in [-0.25, -0.2) is 4.39 Å². The van der Waals surface area contributed by atoms with E-state index in [9.17, 15) is 9.18 Å². The number of ether oxygens (including phenoxy) is 1. The molecule has 2 N–H and O–H groups in total. The normalized spacial score (nSPS) is 20.6. The van der Waals surface area contributed by atoms with Gasteiger partial charge in [-0.3, -0.25) is 4.79 Å². The van der Waals surface area contributed by atoms with Crippen molar-refractivity contribution in [2.24, 2.45) is 0 Å². The molecule has 2 aromatic carbocycles. The first-order chi connectivity index (χ1) is 11.6. The van der Waals surface area contributed by atoms with E-state index < -0.39 is 0 Å². The molecule has 0 saturated carbocycles. The number of carbonyl (C=O) groups is 1. The Bertz CT molecular complexity index is 718. The fraction of sp³-hybridized carbons (Fsp3) is 0.316. The molecule has 0 spiro atoms. The molecule has 2 aromatic rings. The highest BCUT2D eigenvalue weighted by molar-refractivity contribution is 5.83. The van der Waals surface area contributed by atoms with Crippen LogP contribution in [0.15, 0.2) is 48.5 Å². The van der Waals surface area contributed by atoms with Crippen LogP contribution >= 0.6 is 0 Å². The second-order valence-electron chi connectivity index (χ2n) is 6.00. The maximum Gasteiger partial charge on any atom is 0.227 e. The van der Waals surface area contributed by atoms with Crippen molar-refractivity contribution in [2.75, 3.05) is 13.7 Å². The maximum atomic E-state index is 13.0. The van der Waals surface area contributed by atoms with Crippen molar-refractivity contribution in [2.45, 2.75) is 24.9 Å². The minimum Gasteiger partial charge on any atom is -0.491 e. The molecule has 0 unspecified atom stereocenters. The standard InChI is InChI=1S/C19H21FN2O2/c1-12(13-7-9-14(20)10-8-13)19(23)22-16-11-24-17-6-4-3-5-15(17)18(16)21-2/h3-10,12,16,18,21H,11H2,1-2H3,(H,22,23)/t12-,16+,18+/m0/s1. The quantitative estimate of drug-likeness (QED) is 0.907. The molecule has 5 heteroatoms. The number of amides is 1. The highest BCUT2D eigenvalue weighted by Gasteiger charge is 2.31. The van der Waals surface area contributed by atoms with Crippen LogP contribution in [0.5, 0.6) is 5.75 Å². The van der Waals surface area contributed by atoms with Crippen molar-refractivity contribution < 1.29 is 13.9 Å². The van der Waals surface area contributed by atoms with Gasteiger partial charge in [-0.05, 0) is 37.7 Å². The number of likely N-dealkylation sites (N-methyl/N-ethyl adjacent to an activating group) is 1. The number of halogens is 1. The van der Waals surface area contributed by atoms with Gasteiger partial charge in [-0.15, -0.1) is 0 Å². The van der Waals surface area contributed by atoms with E-state index in [1.165, 1.54) is 12.1 Å². The first kappa shape index (κ1) is 16.5. The Kier molecular flexibility index (Phi) is 4.81. The third kappa shape index (κ3) is 3.26. The van der Waals surface area contributed by atoms with Crippen LogP contribution in [0, 0.1) is 5.82 Å². The molecule has 0 bridgehead atoms. The van der Waals surface area contributed by atoms with Crippen LogP contribution in [-0.4, -0.2) is 25.6 Å². The molecule has 24 heavy (non-hydrogen) atoms. The van der Waals surface area contributed by atoms with Crippen LogP contribution in [0.2, 0.25) is 0 Å². The highest BCUT2D eigenvalue weighted by atomic mass is 19.1. The summed E-state index contributed by atoms with van der Waals surface area (Å²) < 4.78 is 18.8. The lowest BCUT2D eigenvalue weighted by atomic mass is 9.94. The molecule has 1 amide bonds. The number of hydrogen-bond acceptors (Lipinski definition) is 3. The summed E-state index contributed by atoms with van der Waals surface area (Å²) in [5, 5.41) is 6.31. The molecule has 0 fully saturated rings. The summed E-state index contributed by atoms with van der Waals surface area (Å²) in [6, 6.07) is 13.7. The predicted molar refractivity (Wildman–Crippen MR) is 90.5 cm³/mol. The predicted octanol–water partition coefficient (Wildman–Crippen LogP) is 2.77. The Morgan fingerprint density at radius 3 is 2.62 bits per heavy atom. The Labute approximate surface area is 141 Å². The van der Waals surface area contributed by atoms with Crippen LogP contribution in [0.3, 0.4) is 0 Å². The van der Waals surface area contributed by atoms with Crippen molar-refractivity contribution in [3.8, 4) is 5.75 Å². The van der Waals surface area contributed by atoms with Gasteiger partial charge < -0.3 is 15.4 Å². The summed E-state index contributed by atoms with van der Waals surface area (Å²) in [5.74, 6) is 0.0722. The van der Waals surface area contributed by atoms with Crippen molar-refractivity contribution in [3.63, 3.8) is 0 Å². The van der Waals surface area contributed by atoms with E-state index in [1.54, 1.807) is 12.1 Å². The maximum absolute atomic E-state index is 13.0. The molecule has 3 rings (SSSR count). The van der Waals surface area contributed by atoms with Gasteiger partial charge in [0.05, 0.1) is 18.0 Å². The van der Waals surface area contributed by atoms with Gasteiger partial charge in [0, 0.05) is 5.56 Å². The molecule has 0 aliphatic carbocycles. The molecule has 0 aromatic heterocycles. The lowest BCUT2D eigenvalue weighted by Crippen LogP contribution is -2.50. The highest BCUT2D eigenvalue weighted by Crippen LogP contribution is 2.32. The zero-order valence-corrected chi connectivity index (χ0v) is 13.8. The van der Waals surface area contributed by atoms with Crippen LogP contribution in [0.1, 0.15) is 30.0 Å². The molecule has 1 aliphatic rings. The third-order valence-corrected chi connectivity index (χ3v) is 4.48. The average Bonchev–Trinajstić information content (AvgIpc) is 2.61. The van der Waals surface area contributed by atoms with E-state index >= 15 is 0 Å². The van der Waals surface area contributed by atoms with E-state index in [0.717, 1.165) is 16.9 Å². The van der Waals surface area contributed by atoms with Crippen molar-refractivity contribution >= 4 is 5.91 Å². The van der Waals surface area contributed by atoms with Crippen LogP contribution in [-0.2, 0) is 4.79 Å². The average molecular weight is 328 g/mol. The molecular formula is C19H21FN2O2. The summed E-state index contributed by atoms with van der Waals surface area (Å²) in [7, 11) is 1.87. The van der Waals surface area contributed by atoms with Gasteiger partial charge in [-0.1, -0.05) is 30.3 Å². The summed E-state index contributed by atoms with van der Waals surface area (Å²) >= 11 is 0. The lowest BCUT2D eigenvalue weighted by molar-refractivity contribution is -0.123. The number of carbonyl (C=O) groups excluding carboxylic acids is 1. The monoisotopic (exact) mass is 328 g/mol. The summed E-state index contributed by atoms with van der Waals surface area (Å²) in [4.78, 5) is 12.6. The number of para-hydroxylation sites is 1. The summed E-state index contributed by atoms with van der Waals surface area (Å²) in [5.41, 5.74) is 1.82. The number of hydrogen-bond donors (Lipinski definition) is 2. The van der Waals surface area contributed by atoms with Gasteiger partial charge in [0.1, 0.15) is 18.2 Å². The van der Waals surface area contributed by atoms with Gasteiger partial charge in [0.2, 0.25) is 5.91 Å². The molecule has 4 nitrogen and oxygen atoms in total. The first-order valence-electron chi connectivity index (χ1n) is 8.05. The van der Waals surface area contributed by atoms with E-state index in [4.69, 9.17) is 4.74 Å². The smallest absolute Gasteiger partial charge is 0.227 e. The van der Waals surface area contributed by atoms with Gasteiger partial charge in [0.15, 0.2) is 0 Å². The lowest BCUT2D eigenvalue weighted by Gasteiger charge is -2.34. The number of benzene rings is 2. The second-order valence-corrected chi connectivity index (χ2v) is 6.00. The summed E-state index contributed by atoms with van der Waals surface area (Å²) in [6.07, 6.45) is 0. The minimum atomic E-state index is -0.361. The second kappa shape index (κ2) is 7.01. The van der Waals surface area contributed by atoms with Crippen LogP contribution in [0.25, 0.3) is 0 Å². The van der Waals surface area contributed by atoms with Gasteiger partial charge >= 0.3 is 0 Å². The van der Waals surface area contributed by atoms with Crippen LogP contribution < -0.4 is 15.4 Å². The largest absolute Gasteiger partial charge is 0.491 e. The number of fused-ring (bicyclic) bond motifs is 1. The Balaban J connectivity index is 1.73. The van der Waals surface area contributed by atoms with E-state index in [-0.39, 0.29) is 29.7 Å². The zero-order valence-electron chi connectivity index (χ0n) is 13.8. The van der Waals surface area contributed by atoms with Crippen LogP contribution in [0.4, 0.5) is 4.39 Å². The van der Waals surface area contributed by atoms with Crippen molar-refractivity contribution in [1.29, 1.82) is 0 Å². The number of rotatable bonds is 4. The SMILES string of the molecule is CN[C@@H]1c2ccccc2OC[C@H]1NC(=O)[C@@H](C)c1ccc(F)cc1. The minimum absolute atomic E-state index is 0.0145. The van der Waals surface area contributed by atoms with Crippen molar-refractivity contribution in [3.05, 3.63) is 65.5 Å². The first-order valence-corrected chi connectivity index (χ1v) is 8.05. The molecule has 3 atom stereocenters. The molecule has 1 heterocycles. The Morgan fingerprint density at radius 2 is 1.92 bits per heavy atom. The molecule has 126 valence electrons. The third-order valence-electron chi connectivity index (χ3n) is 4.48. The van der Waals surface area contributed by atoms with E-state index in [1.807, 2.05) is 38.2 Å².